The molecular formula is C43H29NO2. The molecule has 1 heterocycles. The number of rotatable bonds is 3. The van der Waals surface area contributed by atoms with Crippen LogP contribution in [0.1, 0.15) is 29.4 Å². The van der Waals surface area contributed by atoms with Gasteiger partial charge >= 0.3 is 0 Å². The standard InChI is InChI=1S/C43H29NO2/c45-42-40-34-24-35(41(40)43(46)44(42)31-20-19-29-21-27-15-7-8-16-28(27)22-30(29)23-31)39-37(26-13-5-2-6-14-26)33-18-10-9-17-32(33)36(38(34)39)25-11-3-1-4-12-25/h1-23,34-35,40-41H,24H2/t34-,35+,40+,41-. The first kappa shape index (κ1) is 25.8. The average Bonchev–Trinajstić information content (AvgIpc) is 3.75. The monoisotopic (exact) mass is 591 g/mol. The lowest BCUT2D eigenvalue weighted by Crippen LogP contribution is -2.32. The van der Waals surface area contributed by atoms with Gasteiger partial charge in [-0.1, -0.05) is 115 Å². The maximum atomic E-state index is 14.5. The van der Waals surface area contributed by atoms with Crippen molar-refractivity contribution in [2.45, 2.75) is 18.3 Å². The largest absolute Gasteiger partial charge is 0.274 e. The highest BCUT2D eigenvalue weighted by molar-refractivity contribution is 6.24. The minimum atomic E-state index is -0.357. The van der Waals surface area contributed by atoms with Gasteiger partial charge in [0.2, 0.25) is 11.8 Å². The molecule has 2 bridgehead atoms. The van der Waals surface area contributed by atoms with E-state index in [2.05, 4.69) is 109 Å². The molecule has 3 aliphatic rings. The molecule has 4 atom stereocenters. The van der Waals surface area contributed by atoms with Gasteiger partial charge in [-0.2, -0.15) is 0 Å². The third-order valence-corrected chi connectivity index (χ3v) is 10.9. The van der Waals surface area contributed by atoms with Crippen LogP contribution in [0.5, 0.6) is 0 Å². The van der Waals surface area contributed by atoms with Crippen molar-refractivity contribution in [3.8, 4) is 22.3 Å². The van der Waals surface area contributed by atoms with Crippen LogP contribution in [-0.4, -0.2) is 11.8 Å². The highest BCUT2D eigenvalue weighted by Crippen LogP contribution is 2.67. The third kappa shape index (κ3) is 3.43. The Bertz CT molecular complexity index is 2300. The first-order valence-corrected chi connectivity index (χ1v) is 16.2. The Hall–Kier alpha value is -5.54. The quantitative estimate of drug-likeness (QED) is 0.152. The molecule has 3 nitrogen and oxygen atoms in total. The molecule has 46 heavy (non-hydrogen) atoms. The summed E-state index contributed by atoms with van der Waals surface area (Å²) in [7, 11) is 0. The van der Waals surface area contributed by atoms with Gasteiger partial charge < -0.3 is 0 Å². The molecule has 0 N–H and O–H groups in total. The van der Waals surface area contributed by atoms with Gasteiger partial charge in [0.15, 0.2) is 0 Å². The molecule has 0 aromatic heterocycles. The second kappa shape index (κ2) is 9.48. The van der Waals surface area contributed by atoms with Crippen LogP contribution in [0, 0.1) is 11.8 Å². The summed E-state index contributed by atoms with van der Waals surface area (Å²) >= 11 is 0. The number of benzene rings is 7. The van der Waals surface area contributed by atoms with Gasteiger partial charge in [-0.25, -0.2) is 4.90 Å². The molecule has 0 unspecified atom stereocenters. The smallest absolute Gasteiger partial charge is 0.238 e. The summed E-state index contributed by atoms with van der Waals surface area (Å²) in [6, 6.07) is 48.5. The van der Waals surface area contributed by atoms with Crippen molar-refractivity contribution in [1.82, 2.24) is 0 Å². The van der Waals surface area contributed by atoms with E-state index in [1.165, 1.54) is 43.3 Å². The number of nitrogens with zero attached hydrogens (tertiary/aromatic N) is 1. The maximum absolute atomic E-state index is 14.5. The maximum Gasteiger partial charge on any atom is 0.238 e. The zero-order chi connectivity index (χ0) is 30.5. The number of amides is 2. The SMILES string of the molecule is O=C1[C@@H]2[C@H](C(=O)N1c1ccc3cc4ccccc4cc3c1)[C@H]1C[C@@H]2c2c1c(-c1ccccc1)c1ccccc1c2-c1ccccc1. The minimum Gasteiger partial charge on any atom is -0.274 e. The Kier molecular flexibility index (Phi) is 5.31. The van der Waals surface area contributed by atoms with Crippen molar-refractivity contribution >= 4 is 49.8 Å². The molecule has 2 fully saturated rings. The van der Waals surface area contributed by atoms with E-state index in [1.807, 2.05) is 30.3 Å². The topological polar surface area (TPSA) is 37.4 Å². The van der Waals surface area contributed by atoms with Crippen LogP contribution in [0.25, 0.3) is 54.6 Å². The fourth-order valence-corrected chi connectivity index (χ4v) is 9.12. The molecular weight excluding hydrogens is 562 g/mol. The van der Waals surface area contributed by atoms with E-state index in [0.29, 0.717) is 5.69 Å². The Balaban J connectivity index is 1.18. The summed E-state index contributed by atoms with van der Waals surface area (Å²) in [6.45, 7) is 0. The van der Waals surface area contributed by atoms with Crippen molar-refractivity contribution < 1.29 is 9.59 Å². The predicted molar refractivity (Wildman–Crippen MR) is 186 cm³/mol. The molecule has 1 saturated carbocycles. The van der Waals surface area contributed by atoms with E-state index < -0.39 is 0 Å². The summed E-state index contributed by atoms with van der Waals surface area (Å²) in [6.07, 6.45) is 0.829. The van der Waals surface area contributed by atoms with E-state index in [4.69, 9.17) is 0 Å². The second-order valence-corrected chi connectivity index (χ2v) is 13.1. The minimum absolute atomic E-state index is 0.0156. The molecule has 2 amide bonds. The molecule has 218 valence electrons. The third-order valence-electron chi connectivity index (χ3n) is 10.9. The van der Waals surface area contributed by atoms with Crippen LogP contribution in [0.4, 0.5) is 5.69 Å². The summed E-state index contributed by atoms with van der Waals surface area (Å²) in [4.78, 5) is 30.5. The summed E-state index contributed by atoms with van der Waals surface area (Å²) in [5.41, 5.74) is 7.96. The van der Waals surface area contributed by atoms with E-state index in [0.717, 1.165) is 33.7 Å². The fraction of sp³-hybridized carbons (Fsp3) is 0.116. The van der Waals surface area contributed by atoms with Gasteiger partial charge in [-0.3, -0.25) is 9.59 Å². The van der Waals surface area contributed by atoms with Crippen LogP contribution in [0.15, 0.2) is 140 Å². The lowest BCUT2D eigenvalue weighted by molar-refractivity contribution is -0.123. The van der Waals surface area contributed by atoms with Gasteiger partial charge in [0.25, 0.3) is 0 Å². The highest BCUT2D eigenvalue weighted by Gasteiger charge is 2.64. The Morgan fingerprint density at radius 3 is 1.46 bits per heavy atom. The van der Waals surface area contributed by atoms with Crippen molar-refractivity contribution in [2.75, 3.05) is 4.90 Å². The number of carbonyl (C=O) groups excluding carboxylic acids is 2. The summed E-state index contributed by atoms with van der Waals surface area (Å²) in [5.74, 6) is -0.853. The summed E-state index contributed by atoms with van der Waals surface area (Å²) in [5, 5.41) is 6.85. The molecule has 0 radical (unpaired) electrons. The first-order valence-electron chi connectivity index (χ1n) is 16.2. The van der Waals surface area contributed by atoms with Gasteiger partial charge in [0, 0.05) is 0 Å². The first-order chi connectivity index (χ1) is 22.7. The predicted octanol–water partition coefficient (Wildman–Crippen LogP) is 9.87. The van der Waals surface area contributed by atoms with E-state index in [1.54, 1.807) is 0 Å². The number of imide groups is 1. The Labute approximate surface area is 266 Å². The van der Waals surface area contributed by atoms with E-state index in [-0.39, 0.29) is 35.5 Å². The lowest BCUT2D eigenvalue weighted by atomic mass is 9.71. The van der Waals surface area contributed by atoms with Crippen LogP contribution in [0.2, 0.25) is 0 Å². The Morgan fingerprint density at radius 1 is 0.457 bits per heavy atom. The number of carbonyl (C=O) groups is 2. The molecule has 10 rings (SSSR count). The zero-order valence-electron chi connectivity index (χ0n) is 25.1. The van der Waals surface area contributed by atoms with Crippen LogP contribution in [0.3, 0.4) is 0 Å². The average molecular weight is 592 g/mol. The van der Waals surface area contributed by atoms with Crippen LogP contribution >= 0.6 is 0 Å². The molecule has 7 aromatic rings. The molecule has 1 aliphatic heterocycles. The zero-order valence-corrected chi connectivity index (χ0v) is 25.1. The van der Waals surface area contributed by atoms with Gasteiger partial charge in [0.1, 0.15) is 0 Å². The van der Waals surface area contributed by atoms with Crippen LogP contribution < -0.4 is 4.90 Å². The normalized spacial score (nSPS) is 21.4. The number of anilines is 1. The molecule has 7 aromatic carbocycles. The highest BCUT2D eigenvalue weighted by atomic mass is 16.2. The number of hydrogen-bond donors (Lipinski definition) is 0. The van der Waals surface area contributed by atoms with Crippen LogP contribution in [-0.2, 0) is 9.59 Å². The molecule has 0 spiro atoms. The Morgan fingerprint density at radius 2 is 0.913 bits per heavy atom. The molecule has 1 saturated heterocycles. The number of fused-ring (bicyclic) bond motifs is 11. The van der Waals surface area contributed by atoms with Crippen molar-refractivity contribution in [2.24, 2.45) is 11.8 Å². The second-order valence-electron chi connectivity index (χ2n) is 13.1. The van der Waals surface area contributed by atoms with Gasteiger partial charge in [0.05, 0.1) is 17.5 Å². The van der Waals surface area contributed by atoms with E-state index >= 15 is 0 Å². The van der Waals surface area contributed by atoms with Gasteiger partial charge in [-0.05, 0) is 108 Å². The lowest BCUT2D eigenvalue weighted by Gasteiger charge is -2.30. The van der Waals surface area contributed by atoms with Crippen molar-refractivity contribution in [1.29, 1.82) is 0 Å². The molecule has 3 heteroatoms. The fourth-order valence-electron chi connectivity index (χ4n) is 9.12. The van der Waals surface area contributed by atoms with Gasteiger partial charge in [-0.15, -0.1) is 0 Å². The molecule has 2 aliphatic carbocycles. The van der Waals surface area contributed by atoms with E-state index in [9.17, 15) is 9.59 Å². The van der Waals surface area contributed by atoms with Crippen molar-refractivity contribution in [3.63, 3.8) is 0 Å². The van der Waals surface area contributed by atoms with Crippen molar-refractivity contribution in [3.05, 3.63) is 151 Å². The summed E-state index contributed by atoms with van der Waals surface area (Å²) < 4.78 is 0. The number of hydrogen-bond acceptors (Lipinski definition) is 2.